The van der Waals surface area contributed by atoms with Crippen LogP contribution >= 0.6 is 0 Å². The fraction of sp³-hybridized carbons (Fsp3) is 0.472. The smallest absolute Gasteiger partial charge is 0.312 e. The zero-order valence-corrected chi connectivity index (χ0v) is 26.7. The molecule has 0 fully saturated rings. The van der Waals surface area contributed by atoms with E-state index in [-0.39, 0.29) is 18.0 Å². The van der Waals surface area contributed by atoms with Gasteiger partial charge in [0.15, 0.2) is 0 Å². The predicted octanol–water partition coefficient (Wildman–Crippen LogP) is 6.58. The summed E-state index contributed by atoms with van der Waals surface area (Å²) >= 11 is 0. The molecule has 3 aromatic carbocycles. The molecule has 6 rings (SSSR count). The van der Waals surface area contributed by atoms with Crippen molar-refractivity contribution in [2.75, 3.05) is 13.7 Å². The Labute approximate surface area is 255 Å². The van der Waals surface area contributed by atoms with Crippen LogP contribution in [0.5, 0.6) is 5.75 Å². The standard InChI is InChI=1S/C36H44N4O3/c1-8-29-21-40(20-28-16-24-10-9-11-25(24)18-32(28)43-29)19-27-17-26(13-12-22(27)2)33(36(4,5)35(41)42-7)30-14-15-31-34(23(30)3)37-38-39(31)6/h12-18,29,33H,8-11,19-21H2,1-7H3/t29-,33?/m1/s1. The topological polar surface area (TPSA) is 69.5 Å². The summed E-state index contributed by atoms with van der Waals surface area (Å²) in [5.41, 5.74) is 11.0. The van der Waals surface area contributed by atoms with E-state index in [0.717, 1.165) is 72.4 Å². The molecule has 1 aliphatic heterocycles. The minimum absolute atomic E-state index is 0.150. The van der Waals surface area contributed by atoms with Gasteiger partial charge in [-0.3, -0.25) is 9.69 Å². The fourth-order valence-corrected chi connectivity index (χ4v) is 7.24. The Morgan fingerprint density at radius 1 is 1.09 bits per heavy atom. The van der Waals surface area contributed by atoms with Crippen molar-refractivity contribution < 1.29 is 14.3 Å². The minimum Gasteiger partial charge on any atom is -0.489 e. The molecule has 0 saturated carbocycles. The van der Waals surface area contributed by atoms with Crippen LogP contribution in [0, 0.1) is 19.3 Å². The van der Waals surface area contributed by atoms with Gasteiger partial charge in [-0.05, 0) is 104 Å². The van der Waals surface area contributed by atoms with Crippen LogP contribution < -0.4 is 4.74 Å². The molecule has 7 heteroatoms. The molecule has 2 aliphatic rings. The van der Waals surface area contributed by atoms with Crippen LogP contribution in [-0.2, 0) is 42.5 Å². The summed E-state index contributed by atoms with van der Waals surface area (Å²) in [6, 6.07) is 15.6. The van der Waals surface area contributed by atoms with Gasteiger partial charge in [-0.1, -0.05) is 42.5 Å². The second kappa shape index (κ2) is 11.4. The first kappa shape index (κ1) is 29.4. The number of ether oxygens (including phenoxy) is 2. The van der Waals surface area contributed by atoms with Crippen molar-refractivity contribution in [1.29, 1.82) is 0 Å². The van der Waals surface area contributed by atoms with Crippen molar-refractivity contribution in [3.05, 3.63) is 87.0 Å². The normalized spacial score (nSPS) is 17.7. The molecule has 0 spiro atoms. The van der Waals surface area contributed by atoms with Gasteiger partial charge in [-0.25, -0.2) is 4.68 Å². The largest absolute Gasteiger partial charge is 0.489 e. The third-order valence-corrected chi connectivity index (χ3v) is 9.80. The Morgan fingerprint density at radius 3 is 2.60 bits per heavy atom. The molecule has 1 unspecified atom stereocenters. The number of nitrogens with zero attached hydrogens (tertiary/aromatic N) is 4. The second-order valence-electron chi connectivity index (χ2n) is 13.1. The molecule has 0 N–H and O–H groups in total. The summed E-state index contributed by atoms with van der Waals surface area (Å²) in [7, 11) is 3.37. The molecule has 0 radical (unpaired) electrons. The van der Waals surface area contributed by atoms with Crippen LogP contribution in [0.2, 0.25) is 0 Å². The quantitative estimate of drug-likeness (QED) is 0.230. The van der Waals surface area contributed by atoms with E-state index in [1.807, 2.05) is 20.9 Å². The average molecular weight is 581 g/mol. The highest BCUT2D eigenvalue weighted by Crippen LogP contribution is 2.45. The molecule has 0 bridgehead atoms. The molecule has 4 aromatic rings. The molecule has 43 heavy (non-hydrogen) atoms. The van der Waals surface area contributed by atoms with Crippen molar-refractivity contribution >= 4 is 17.0 Å². The van der Waals surface area contributed by atoms with Crippen molar-refractivity contribution in [3.63, 3.8) is 0 Å². The van der Waals surface area contributed by atoms with Gasteiger partial charge >= 0.3 is 5.97 Å². The Kier molecular flexibility index (Phi) is 7.80. The highest BCUT2D eigenvalue weighted by atomic mass is 16.5. The van der Waals surface area contributed by atoms with Gasteiger partial charge in [0.2, 0.25) is 0 Å². The van der Waals surface area contributed by atoms with Crippen LogP contribution in [0.3, 0.4) is 0 Å². The predicted molar refractivity (Wildman–Crippen MR) is 169 cm³/mol. The summed E-state index contributed by atoms with van der Waals surface area (Å²) in [4.78, 5) is 15.8. The molecule has 1 aliphatic carbocycles. The van der Waals surface area contributed by atoms with Crippen LogP contribution in [0.15, 0.2) is 42.5 Å². The number of methoxy groups -OCH3 is 1. The van der Waals surface area contributed by atoms with E-state index in [2.05, 4.69) is 78.4 Å². The second-order valence-corrected chi connectivity index (χ2v) is 13.1. The Bertz CT molecular complexity index is 1690. The van der Waals surface area contributed by atoms with Gasteiger partial charge in [0, 0.05) is 38.2 Å². The Morgan fingerprint density at radius 2 is 1.86 bits per heavy atom. The van der Waals surface area contributed by atoms with Crippen LogP contribution in [0.1, 0.15) is 84.0 Å². The molecule has 226 valence electrons. The van der Waals surface area contributed by atoms with Gasteiger partial charge in [0.25, 0.3) is 0 Å². The van der Waals surface area contributed by atoms with Crippen molar-refractivity contribution in [3.8, 4) is 5.75 Å². The number of hydrogen-bond donors (Lipinski definition) is 0. The maximum absolute atomic E-state index is 13.3. The SMILES string of the molecule is CC[C@@H]1CN(Cc2cc(C(c3ccc4c(nnn4C)c3C)C(C)(C)C(=O)OC)ccc2C)Cc2cc3c(cc2O1)CCC3. The van der Waals surface area contributed by atoms with E-state index in [0.29, 0.717) is 0 Å². The van der Waals surface area contributed by atoms with Gasteiger partial charge in [-0.15, -0.1) is 5.10 Å². The van der Waals surface area contributed by atoms with E-state index in [1.54, 1.807) is 4.68 Å². The van der Waals surface area contributed by atoms with Gasteiger partial charge in [0.1, 0.15) is 17.4 Å². The molecule has 0 amide bonds. The molecule has 1 aromatic heterocycles. The maximum atomic E-state index is 13.3. The minimum atomic E-state index is -0.814. The maximum Gasteiger partial charge on any atom is 0.312 e. The van der Waals surface area contributed by atoms with Gasteiger partial charge in [0.05, 0.1) is 18.0 Å². The first-order chi connectivity index (χ1) is 20.6. The van der Waals surface area contributed by atoms with E-state index >= 15 is 0 Å². The molecule has 2 heterocycles. The number of carbonyl (C=O) groups is 1. The molecular formula is C36H44N4O3. The number of aromatic nitrogens is 3. The molecule has 7 nitrogen and oxygen atoms in total. The number of carbonyl (C=O) groups excluding carboxylic acids is 1. The first-order valence-corrected chi connectivity index (χ1v) is 15.6. The van der Waals surface area contributed by atoms with Crippen molar-refractivity contribution in [2.45, 2.75) is 85.4 Å². The van der Waals surface area contributed by atoms with Crippen molar-refractivity contribution in [1.82, 2.24) is 19.9 Å². The fourth-order valence-electron chi connectivity index (χ4n) is 7.24. The Balaban J connectivity index is 1.39. The number of aryl methyl sites for hydroxylation is 5. The third-order valence-electron chi connectivity index (χ3n) is 9.80. The highest BCUT2D eigenvalue weighted by Gasteiger charge is 2.41. The first-order valence-electron chi connectivity index (χ1n) is 15.6. The summed E-state index contributed by atoms with van der Waals surface area (Å²) in [5.74, 6) is 0.595. The number of benzene rings is 3. The zero-order valence-electron chi connectivity index (χ0n) is 26.7. The summed E-state index contributed by atoms with van der Waals surface area (Å²) < 4.78 is 13.7. The average Bonchev–Trinajstić information content (AvgIpc) is 3.56. The lowest BCUT2D eigenvalue weighted by Crippen LogP contribution is -2.34. The monoisotopic (exact) mass is 580 g/mol. The third kappa shape index (κ3) is 5.33. The molecule has 0 saturated heterocycles. The lowest BCUT2D eigenvalue weighted by atomic mass is 9.69. The van der Waals surface area contributed by atoms with Crippen LogP contribution in [-0.4, -0.2) is 45.6 Å². The number of rotatable bonds is 7. The molecule has 2 atom stereocenters. The lowest BCUT2D eigenvalue weighted by molar-refractivity contribution is -0.151. The van der Waals surface area contributed by atoms with Gasteiger partial charge in [-0.2, -0.15) is 0 Å². The van der Waals surface area contributed by atoms with E-state index in [1.165, 1.54) is 41.3 Å². The van der Waals surface area contributed by atoms with Crippen LogP contribution in [0.25, 0.3) is 11.0 Å². The summed E-state index contributed by atoms with van der Waals surface area (Å²) in [6.07, 6.45) is 4.67. The highest BCUT2D eigenvalue weighted by molar-refractivity contribution is 5.82. The van der Waals surface area contributed by atoms with Gasteiger partial charge < -0.3 is 9.47 Å². The van der Waals surface area contributed by atoms with E-state index in [4.69, 9.17) is 9.47 Å². The lowest BCUT2D eigenvalue weighted by Gasteiger charge is -2.34. The number of hydrogen-bond acceptors (Lipinski definition) is 6. The Hall–Kier alpha value is -3.71. The van der Waals surface area contributed by atoms with Crippen molar-refractivity contribution in [2.24, 2.45) is 12.5 Å². The number of esters is 1. The number of fused-ring (bicyclic) bond motifs is 3. The summed E-state index contributed by atoms with van der Waals surface area (Å²) in [6.45, 7) is 13.0. The molecular weight excluding hydrogens is 536 g/mol. The summed E-state index contributed by atoms with van der Waals surface area (Å²) in [5, 5.41) is 8.70. The van der Waals surface area contributed by atoms with Crippen LogP contribution in [0.4, 0.5) is 0 Å². The zero-order chi connectivity index (χ0) is 30.5. The van der Waals surface area contributed by atoms with E-state index in [9.17, 15) is 4.79 Å². The van der Waals surface area contributed by atoms with E-state index < -0.39 is 5.41 Å².